The van der Waals surface area contributed by atoms with Gasteiger partial charge in [-0.05, 0) is 62.2 Å². The van der Waals surface area contributed by atoms with Crippen LogP contribution in [0.5, 0.6) is 0 Å². The fraction of sp³-hybridized carbons (Fsp3) is 1.00. The summed E-state index contributed by atoms with van der Waals surface area (Å²) in [5.41, 5.74) is 1.07. The summed E-state index contributed by atoms with van der Waals surface area (Å²) in [6.07, 6.45) is 13.6. The Bertz CT molecular complexity index is 310. The van der Waals surface area contributed by atoms with E-state index in [0.29, 0.717) is 16.9 Å². The third-order valence-corrected chi connectivity index (χ3v) is 6.34. The molecule has 19 heavy (non-hydrogen) atoms. The van der Waals surface area contributed by atoms with Crippen LogP contribution in [0.4, 0.5) is 0 Å². The highest BCUT2D eigenvalue weighted by Crippen LogP contribution is 2.59. The lowest BCUT2D eigenvalue weighted by Gasteiger charge is -2.55. The minimum atomic E-state index is 0.0929. The van der Waals surface area contributed by atoms with E-state index in [9.17, 15) is 0 Å². The maximum absolute atomic E-state index is 6.27. The molecule has 0 aromatic rings. The molecule has 110 valence electrons. The van der Waals surface area contributed by atoms with E-state index in [2.05, 4.69) is 13.8 Å². The quantitative estimate of drug-likeness (QED) is 0.676. The molecule has 3 aliphatic rings. The zero-order valence-electron chi connectivity index (χ0n) is 12.7. The van der Waals surface area contributed by atoms with Crippen LogP contribution < -0.4 is 0 Å². The predicted octanol–water partition coefficient (Wildman–Crippen LogP) is 4.67. The minimum absolute atomic E-state index is 0.0929. The van der Waals surface area contributed by atoms with Crippen LogP contribution in [-0.4, -0.2) is 19.0 Å². The molecule has 2 heteroatoms. The second-order valence-electron chi connectivity index (χ2n) is 7.63. The van der Waals surface area contributed by atoms with E-state index >= 15 is 0 Å². The summed E-state index contributed by atoms with van der Waals surface area (Å²) >= 11 is 0. The molecule has 0 spiro atoms. The van der Waals surface area contributed by atoms with Gasteiger partial charge in [-0.25, -0.2) is 0 Å². The normalized spacial score (nSPS) is 47.7. The van der Waals surface area contributed by atoms with E-state index in [1.807, 2.05) is 0 Å². The molecule has 3 fully saturated rings. The van der Waals surface area contributed by atoms with Gasteiger partial charge in [0.15, 0.2) is 6.29 Å². The van der Waals surface area contributed by atoms with Gasteiger partial charge in [-0.15, -0.1) is 0 Å². The molecule has 1 aliphatic heterocycles. The first-order valence-electron chi connectivity index (χ1n) is 8.38. The Morgan fingerprint density at radius 3 is 2.42 bits per heavy atom. The lowest BCUT2D eigenvalue weighted by molar-refractivity contribution is -0.212. The van der Waals surface area contributed by atoms with Crippen molar-refractivity contribution < 1.29 is 9.47 Å². The SMILES string of the molecule is CC12CCCCC1(C)CC(OC1CCCCO1)CC2. The second kappa shape index (κ2) is 5.37. The molecule has 1 saturated heterocycles. The van der Waals surface area contributed by atoms with Gasteiger partial charge in [0.25, 0.3) is 0 Å². The van der Waals surface area contributed by atoms with Crippen LogP contribution in [0, 0.1) is 10.8 Å². The van der Waals surface area contributed by atoms with Gasteiger partial charge >= 0.3 is 0 Å². The largest absolute Gasteiger partial charge is 0.353 e. The van der Waals surface area contributed by atoms with E-state index in [1.54, 1.807) is 0 Å². The summed E-state index contributed by atoms with van der Waals surface area (Å²) < 4.78 is 12.0. The highest BCUT2D eigenvalue weighted by molar-refractivity contribution is 5.00. The molecule has 2 saturated carbocycles. The van der Waals surface area contributed by atoms with Gasteiger partial charge < -0.3 is 9.47 Å². The number of ether oxygens (including phenoxy) is 2. The Balaban J connectivity index is 1.60. The average Bonchev–Trinajstić information content (AvgIpc) is 2.41. The van der Waals surface area contributed by atoms with Gasteiger partial charge in [0, 0.05) is 6.61 Å². The van der Waals surface area contributed by atoms with Gasteiger partial charge in [0.1, 0.15) is 0 Å². The van der Waals surface area contributed by atoms with Crippen LogP contribution in [0.3, 0.4) is 0 Å². The van der Waals surface area contributed by atoms with Gasteiger partial charge in [0.05, 0.1) is 6.10 Å². The summed E-state index contributed by atoms with van der Waals surface area (Å²) in [5, 5.41) is 0. The lowest BCUT2D eigenvalue weighted by atomic mass is 9.51. The van der Waals surface area contributed by atoms with Crippen molar-refractivity contribution in [1.82, 2.24) is 0 Å². The van der Waals surface area contributed by atoms with Crippen molar-refractivity contribution in [3.05, 3.63) is 0 Å². The first-order chi connectivity index (χ1) is 9.11. The van der Waals surface area contributed by atoms with E-state index in [-0.39, 0.29) is 6.29 Å². The van der Waals surface area contributed by atoms with Crippen LogP contribution in [0.1, 0.15) is 78.1 Å². The summed E-state index contributed by atoms with van der Waals surface area (Å²) in [5.74, 6) is 0. The highest BCUT2D eigenvalue weighted by Gasteiger charge is 2.50. The molecular weight excluding hydrogens is 236 g/mol. The van der Waals surface area contributed by atoms with Gasteiger partial charge in [-0.2, -0.15) is 0 Å². The van der Waals surface area contributed by atoms with Crippen LogP contribution >= 0.6 is 0 Å². The Morgan fingerprint density at radius 2 is 1.68 bits per heavy atom. The molecule has 4 unspecified atom stereocenters. The Labute approximate surface area is 118 Å². The first-order valence-corrected chi connectivity index (χ1v) is 8.38. The molecule has 0 radical (unpaired) electrons. The van der Waals surface area contributed by atoms with Crippen LogP contribution in [0.2, 0.25) is 0 Å². The number of hydrogen-bond donors (Lipinski definition) is 0. The van der Waals surface area contributed by atoms with Crippen molar-refractivity contribution >= 4 is 0 Å². The van der Waals surface area contributed by atoms with E-state index < -0.39 is 0 Å². The molecule has 4 atom stereocenters. The van der Waals surface area contributed by atoms with Crippen LogP contribution in [0.15, 0.2) is 0 Å². The summed E-state index contributed by atoms with van der Waals surface area (Å²) in [6.45, 7) is 5.94. The van der Waals surface area contributed by atoms with Crippen molar-refractivity contribution in [3.8, 4) is 0 Å². The molecule has 0 bridgehead atoms. The molecule has 0 aromatic heterocycles. The third kappa shape index (κ3) is 2.71. The monoisotopic (exact) mass is 266 g/mol. The second-order valence-corrected chi connectivity index (χ2v) is 7.63. The summed E-state index contributed by atoms with van der Waals surface area (Å²) in [4.78, 5) is 0. The number of rotatable bonds is 2. The Kier molecular flexibility index (Phi) is 3.92. The molecule has 0 amide bonds. The van der Waals surface area contributed by atoms with E-state index in [0.717, 1.165) is 13.0 Å². The average molecular weight is 266 g/mol. The first kappa shape index (κ1) is 13.9. The summed E-state index contributed by atoms with van der Waals surface area (Å²) in [7, 11) is 0. The van der Waals surface area contributed by atoms with Crippen LogP contribution in [-0.2, 0) is 9.47 Å². The highest BCUT2D eigenvalue weighted by atomic mass is 16.7. The Morgan fingerprint density at radius 1 is 0.895 bits per heavy atom. The smallest absolute Gasteiger partial charge is 0.157 e. The van der Waals surface area contributed by atoms with Crippen LogP contribution in [0.25, 0.3) is 0 Å². The van der Waals surface area contributed by atoms with Crippen molar-refractivity contribution in [1.29, 1.82) is 0 Å². The molecule has 1 heterocycles. The van der Waals surface area contributed by atoms with Crippen molar-refractivity contribution in [3.63, 3.8) is 0 Å². The van der Waals surface area contributed by atoms with Gasteiger partial charge in [-0.3, -0.25) is 0 Å². The van der Waals surface area contributed by atoms with E-state index in [1.165, 1.54) is 57.8 Å². The van der Waals surface area contributed by atoms with Gasteiger partial charge in [0.2, 0.25) is 0 Å². The molecule has 2 aliphatic carbocycles. The lowest BCUT2D eigenvalue weighted by Crippen LogP contribution is -2.48. The zero-order valence-corrected chi connectivity index (χ0v) is 12.7. The molecule has 2 nitrogen and oxygen atoms in total. The fourth-order valence-corrected chi connectivity index (χ4v) is 4.64. The number of hydrogen-bond acceptors (Lipinski definition) is 2. The molecular formula is C17H30O2. The van der Waals surface area contributed by atoms with Crippen molar-refractivity contribution in [2.45, 2.75) is 90.4 Å². The summed E-state index contributed by atoms with van der Waals surface area (Å²) in [6, 6.07) is 0. The number of fused-ring (bicyclic) bond motifs is 1. The standard InChI is InChI=1S/C17H30O2/c1-16-9-4-5-10-17(16,2)13-14(8-11-16)19-15-7-3-6-12-18-15/h14-15H,3-13H2,1-2H3. The maximum atomic E-state index is 6.27. The van der Waals surface area contributed by atoms with Crippen molar-refractivity contribution in [2.75, 3.05) is 6.61 Å². The zero-order chi connectivity index (χ0) is 13.3. The molecule has 0 N–H and O–H groups in total. The maximum Gasteiger partial charge on any atom is 0.157 e. The topological polar surface area (TPSA) is 18.5 Å². The van der Waals surface area contributed by atoms with Crippen molar-refractivity contribution in [2.24, 2.45) is 10.8 Å². The van der Waals surface area contributed by atoms with Gasteiger partial charge in [-0.1, -0.05) is 26.7 Å². The Hall–Kier alpha value is -0.0800. The third-order valence-electron chi connectivity index (χ3n) is 6.34. The predicted molar refractivity (Wildman–Crippen MR) is 77.0 cm³/mol. The molecule has 3 rings (SSSR count). The van der Waals surface area contributed by atoms with E-state index in [4.69, 9.17) is 9.47 Å². The fourth-order valence-electron chi connectivity index (χ4n) is 4.64. The minimum Gasteiger partial charge on any atom is -0.353 e. The molecule has 0 aromatic carbocycles.